The van der Waals surface area contributed by atoms with Crippen LogP contribution in [0.4, 0.5) is 8.78 Å². The van der Waals surface area contributed by atoms with Crippen LogP contribution in [0.5, 0.6) is 0 Å². The van der Waals surface area contributed by atoms with Gasteiger partial charge in [0.1, 0.15) is 17.2 Å². The molecule has 1 fully saturated rings. The van der Waals surface area contributed by atoms with Crippen LogP contribution in [-0.4, -0.2) is 29.4 Å². The lowest BCUT2D eigenvalue weighted by Crippen LogP contribution is -2.51. The molecule has 0 amide bonds. The average Bonchev–Trinajstić information content (AvgIpc) is 2.30. The van der Waals surface area contributed by atoms with Crippen LogP contribution in [0.25, 0.3) is 0 Å². The summed E-state index contributed by atoms with van der Waals surface area (Å²) in [6.07, 6.45) is 1.98. The Morgan fingerprint density at radius 2 is 1.86 bits per heavy atom. The van der Waals surface area contributed by atoms with Gasteiger partial charge in [0.2, 0.25) is 0 Å². The molecule has 1 aliphatic rings. The van der Waals surface area contributed by atoms with Gasteiger partial charge in [0, 0.05) is 24.2 Å². The Kier molecular flexibility index (Phi) is 4.90. The second kappa shape index (κ2) is 6.22. The normalized spacial score (nSPS) is 24.7. The Morgan fingerprint density at radius 3 is 2.41 bits per heavy atom. The molecule has 1 aromatic carbocycles. The molecule has 0 aromatic heterocycles. The molecule has 1 aliphatic carbocycles. The second-order valence-electron chi connectivity index (χ2n) is 7.30. The summed E-state index contributed by atoms with van der Waals surface area (Å²) in [5.74, 6) is -1.37. The number of nitrogens with one attached hydrogen (secondary N) is 1. The topological polar surface area (TPSA) is 41.5 Å². The standard InChI is InChI=1S/C17H25F2NO2/c1-16(2,3)22-13-8-12(9-13)20-10-17(4,21)14-6-5-11(18)7-15(14)19/h5-7,12-13,20-21H,8-10H2,1-4H3. The fourth-order valence-corrected chi connectivity index (χ4v) is 2.69. The highest BCUT2D eigenvalue weighted by molar-refractivity contribution is 5.25. The minimum Gasteiger partial charge on any atom is -0.384 e. The van der Waals surface area contributed by atoms with E-state index in [1.54, 1.807) is 0 Å². The van der Waals surface area contributed by atoms with Crippen molar-refractivity contribution in [3.05, 3.63) is 35.4 Å². The molecular formula is C17H25F2NO2. The van der Waals surface area contributed by atoms with E-state index >= 15 is 0 Å². The van der Waals surface area contributed by atoms with Crippen molar-refractivity contribution in [2.75, 3.05) is 6.54 Å². The van der Waals surface area contributed by atoms with E-state index in [0.29, 0.717) is 0 Å². The second-order valence-corrected chi connectivity index (χ2v) is 7.30. The zero-order valence-electron chi connectivity index (χ0n) is 13.6. The van der Waals surface area contributed by atoms with E-state index in [0.717, 1.165) is 25.0 Å². The summed E-state index contributed by atoms with van der Waals surface area (Å²) in [6, 6.07) is 3.49. The van der Waals surface area contributed by atoms with Gasteiger partial charge < -0.3 is 15.2 Å². The van der Waals surface area contributed by atoms with E-state index in [4.69, 9.17) is 4.74 Å². The minimum atomic E-state index is -1.38. The number of hydrogen-bond donors (Lipinski definition) is 2. The molecule has 0 bridgehead atoms. The van der Waals surface area contributed by atoms with Crippen molar-refractivity contribution in [3.8, 4) is 0 Å². The highest BCUT2D eigenvalue weighted by Gasteiger charge is 2.35. The van der Waals surface area contributed by atoms with Gasteiger partial charge in [-0.05, 0) is 46.6 Å². The first kappa shape index (κ1) is 17.3. The van der Waals surface area contributed by atoms with Crippen LogP contribution in [0.3, 0.4) is 0 Å². The number of halogens is 2. The molecule has 2 rings (SSSR count). The first-order valence-electron chi connectivity index (χ1n) is 7.66. The molecule has 0 aliphatic heterocycles. The van der Waals surface area contributed by atoms with Crippen molar-refractivity contribution < 1.29 is 18.6 Å². The molecule has 2 N–H and O–H groups in total. The molecule has 0 radical (unpaired) electrons. The van der Waals surface area contributed by atoms with E-state index < -0.39 is 17.2 Å². The first-order valence-corrected chi connectivity index (χ1v) is 7.66. The van der Waals surface area contributed by atoms with Gasteiger partial charge in [-0.15, -0.1) is 0 Å². The van der Waals surface area contributed by atoms with Crippen molar-refractivity contribution in [3.63, 3.8) is 0 Å². The van der Waals surface area contributed by atoms with Crippen LogP contribution in [0.1, 0.15) is 46.1 Å². The number of ether oxygens (including phenoxy) is 1. The molecule has 1 atom stereocenters. The summed E-state index contributed by atoms with van der Waals surface area (Å²) in [6.45, 7) is 7.81. The molecule has 124 valence electrons. The fourth-order valence-electron chi connectivity index (χ4n) is 2.69. The Morgan fingerprint density at radius 1 is 1.23 bits per heavy atom. The molecule has 5 heteroatoms. The summed E-state index contributed by atoms with van der Waals surface area (Å²) in [4.78, 5) is 0. The Hall–Kier alpha value is -1.04. The molecular weight excluding hydrogens is 288 g/mol. The van der Waals surface area contributed by atoms with Gasteiger partial charge in [-0.1, -0.05) is 6.07 Å². The van der Waals surface area contributed by atoms with Crippen LogP contribution in [0.15, 0.2) is 18.2 Å². The van der Waals surface area contributed by atoms with Gasteiger partial charge >= 0.3 is 0 Å². The first-order chi connectivity index (χ1) is 10.1. The highest BCUT2D eigenvalue weighted by atomic mass is 19.1. The van der Waals surface area contributed by atoms with Gasteiger partial charge in [-0.3, -0.25) is 0 Å². The number of rotatable bonds is 5. The van der Waals surface area contributed by atoms with E-state index in [1.165, 1.54) is 13.0 Å². The highest BCUT2D eigenvalue weighted by Crippen LogP contribution is 2.29. The molecule has 0 saturated heterocycles. The Balaban J connectivity index is 1.84. The molecule has 22 heavy (non-hydrogen) atoms. The largest absolute Gasteiger partial charge is 0.384 e. The maximum atomic E-state index is 13.8. The lowest BCUT2D eigenvalue weighted by atomic mass is 9.87. The molecule has 1 unspecified atom stereocenters. The minimum absolute atomic E-state index is 0.100. The van der Waals surface area contributed by atoms with E-state index in [9.17, 15) is 13.9 Å². The molecule has 0 spiro atoms. The number of hydrogen-bond acceptors (Lipinski definition) is 3. The van der Waals surface area contributed by atoms with E-state index in [1.807, 2.05) is 20.8 Å². The summed E-state index contributed by atoms with van der Waals surface area (Å²) in [5, 5.41) is 13.6. The Labute approximate surface area is 130 Å². The quantitative estimate of drug-likeness (QED) is 0.877. The molecule has 0 heterocycles. The van der Waals surface area contributed by atoms with Crippen LogP contribution in [0.2, 0.25) is 0 Å². The lowest BCUT2D eigenvalue weighted by molar-refractivity contribution is -0.104. The summed E-state index contributed by atoms with van der Waals surface area (Å²) < 4.78 is 32.6. The third-order valence-electron chi connectivity index (χ3n) is 3.86. The van der Waals surface area contributed by atoms with E-state index in [2.05, 4.69) is 5.32 Å². The van der Waals surface area contributed by atoms with Gasteiger partial charge in [-0.25, -0.2) is 8.78 Å². The zero-order valence-corrected chi connectivity index (χ0v) is 13.6. The van der Waals surface area contributed by atoms with Gasteiger partial charge in [0.05, 0.1) is 11.7 Å². The monoisotopic (exact) mass is 313 g/mol. The van der Waals surface area contributed by atoms with Crippen molar-refractivity contribution in [2.45, 2.75) is 63.9 Å². The third-order valence-corrected chi connectivity index (χ3v) is 3.86. The van der Waals surface area contributed by atoms with Crippen LogP contribution >= 0.6 is 0 Å². The average molecular weight is 313 g/mol. The zero-order chi connectivity index (χ0) is 16.5. The fraction of sp³-hybridized carbons (Fsp3) is 0.647. The smallest absolute Gasteiger partial charge is 0.132 e. The van der Waals surface area contributed by atoms with Gasteiger partial charge in [0.15, 0.2) is 0 Å². The predicted octanol–water partition coefficient (Wildman–Crippen LogP) is 3.11. The summed E-state index contributed by atoms with van der Waals surface area (Å²) in [5.41, 5.74) is -1.44. The third kappa shape index (κ3) is 4.48. The SMILES string of the molecule is CC(C)(C)OC1CC(NCC(C)(O)c2ccc(F)cc2F)C1. The Bertz CT molecular complexity index is 520. The van der Waals surface area contributed by atoms with Gasteiger partial charge in [-0.2, -0.15) is 0 Å². The van der Waals surface area contributed by atoms with Crippen molar-refractivity contribution in [1.29, 1.82) is 0 Å². The van der Waals surface area contributed by atoms with Crippen LogP contribution < -0.4 is 5.32 Å². The maximum absolute atomic E-state index is 13.8. The maximum Gasteiger partial charge on any atom is 0.132 e. The molecule has 1 aromatic rings. The van der Waals surface area contributed by atoms with Gasteiger partial charge in [0.25, 0.3) is 0 Å². The number of aliphatic hydroxyl groups is 1. The molecule has 3 nitrogen and oxygen atoms in total. The molecule has 1 saturated carbocycles. The summed E-state index contributed by atoms with van der Waals surface area (Å²) in [7, 11) is 0. The van der Waals surface area contributed by atoms with Crippen LogP contribution in [-0.2, 0) is 10.3 Å². The van der Waals surface area contributed by atoms with Crippen LogP contribution in [0, 0.1) is 11.6 Å². The number of benzene rings is 1. The predicted molar refractivity (Wildman–Crippen MR) is 81.6 cm³/mol. The van der Waals surface area contributed by atoms with Crippen molar-refractivity contribution in [1.82, 2.24) is 5.32 Å². The van der Waals surface area contributed by atoms with Crippen molar-refractivity contribution in [2.24, 2.45) is 0 Å². The van der Waals surface area contributed by atoms with E-state index in [-0.39, 0.29) is 29.9 Å². The summed E-state index contributed by atoms with van der Waals surface area (Å²) >= 11 is 0. The van der Waals surface area contributed by atoms with Crippen molar-refractivity contribution >= 4 is 0 Å². The lowest BCUT2D eigenvalue weighted by Gasteiger charge is -2.41.